The van der Waals surface area contributed by atoms with Crippen molar-refractivity contribution in [2.24, 2.45) is 0 Å². The number of methoxy groups -OCH3 is 1. The first kappa shape index (κ1) is 17.1. The number of nitrogens with zero attached hydrogens (tertiary/aromatic N) is 2. The molecule has 0 bridgehead atoms. The number of hydrogen-bond donors (Lipinski definition) is 0. The van der Waals surface area contributed by atoms with E-state index in [1.807, 2.05) is 0 Å². The number of halogens is 4. The summed E-state index contributed by atoms with van der Waals surface area (Å²) in [5.74, 6) is -5.65. The molecule has 1 aromatic heterocycles. The molecule has 1 aromatic carbocycles. The van der Waals surface area contributed by atoms with Gasteiger partial charge in [0.05, 0.1) is 24.9 Å². The lowest BCUT2D eigenvalue weighted by molar-refractivity contribution is 0.0744. The van der Waals surface area contributed by atoms with Crippen LogP contribution < -0.4 is 4.74 Å². The van der Waals surface area contributed by atoms with Gasteiger partial charge in [0.25, 0.3) is 5.91 Å². The van der Waals surface area contributed by atoms with Gasteiger partial charge in [0, 0.05) is 12.7 Å². The quantitative estimate of drug-likeness (QED) is 0.786. The maximum absolute atomic E-state index is 14.2. The smallest absolute Gasteiger partial charge is 0.257 e. The number of hydrogen-bond acceptors (Lipinski definition) is 3. The second kappa shape index (κ2) is 6.45. The van der Waals surface area contributed by atoms with Crippen LogP contribution in [-0.2, 0) is 13.1 Å². The molecule has 122 valence electrons. The van der Waals surface area contributed by atoms with E-state index >= 15 is 0 Å². The number of carbonyl (C=O) groups excluding carboxylic acids is 1. The summed E-state index contributed by atoms with van der Waals surface area (Å²) in [5, 5.41) is 0. The number of pyridine rings is 1. The summed E-state index contributed by atoms with van der Waals surface area (Å²) in [6.45, 7) is 0.429. The predicted octanol–water partition coefficient (Wildman–Crippen LogP) is 3.09. The van der Waals surface area contributed by atoms with Crippen LogP contribution in [0, 0.1) is 17.5 Å². The Hall–Kier alpha value is -2.28. The van der Waals surface area contributed by atoms with E-state index in [1.54, 1.807) is 18.3 Å². The lowest BCUT2D eigenvalue weighted by Crippen LogP contribution is -2.27. The fourth-order valence-corrected chi connectivity index (χ4v) is 2.43. The first-order valence-corrected chi connectivity index (χ1v) is 6.46. The number of fused-ring (bicyclic) bond motifs is 1. The number of benzene rings is 1. The third-order valence-corrected chi connectivity index (χ3v) is 3.52. The van der Waals surface area contributed by atoms with E-state index in [2.05, 4.69) is 9.72 Å². The molecule has 4 nitrogen and oxygen atoms in total. The Labute approximate surface area is 136 Å². The van der Waals surface area contributed by atoms with Crippen molar-refractivity contribution in [3.8, 4) is 5.75 Å². The molecule has 23 heavy (non-hydrogen) atoms. The summed E-state index contributed by atoms with van der Waals surface area (Å²) in [7, 11) is 1.00. The van der Waals surface area contributed by atoms with Crippen LogP contribution in [0.2, 0.25) is 0 Å². The predicted molar refractivity (Wildman–Crippen MR) is 77.9 cm³/mol. The molecule has 2 heterocycles. The zero-order valence-corrected chi connectivity index (χ0v) is 12.8. The van der Waals surface area contributed by atoms with Gasteiger partial charge < -0.3 is 9.64 Å². The van der Waals surface area contributed by atoms with Crippen molar-refractivity contribution in [2.45, 2.75) is 13.1 Å². The Balaban J connectivity index is 0.00000192. The molecule has 0 saturated carbocycles. The summed E-state index contributed by atoms with van der Waals surface area (Å²) < 4.78 is 45.6. The molecular weight excluding hydrogens is 333 g/mol. The average molecular weight is 345 g/mol. The van der Waals surface area contributed by atoms with Gasteiger partial charge >= 0.3 is 0 Å². The first-order chi connectivity index (χ1) is 10.5. The number of amides is 1. The fraction of sp³-hybridized carbons (Fsp3) is 0.200. The molecule has 0 saturated heterocycles. The van der Waals surface area contributed by atoms with Crippen LogP contribution in [0.25, 0.3) is 0 Å². The topological polar surface area (TPSA) is 42.4 Å². The van der Waals surface area contributed by atoms with E-state index in [-0.39, 0.29) is 25.5 Å². The highest BCUT2D eigenvalue weighted by atomic mass is 35.5. The molecule has 0 fully saturated rings. The Bertz CT molecular complexity index is 746. The Morgan fingerprint density at radius 1 is 1.26 bits per heavy atom. The first-order valence-electron chi connectivity index (χ1n) is 6.46. The molecule has 1 aliphatic rings. The molecule has 0 N–H and O–H groups in total. The molecule has 3 rings (SSSR count). The second-order valence-corrected chi connectivity index (χ2v) is 4.84. The highest BCUT2D eigenvalue weighted by Gasteiger charge is 2.30. The van der Waals surface area contributed by atoms with Crippen molar-refractivity contribution >= 4 is 18.3 Å². The lowest BCUT2D eigenvalue weighted by Gasteiger charge is -2.17. The van der Waals surface area contributed by atoms with E-state index in [9.17, 15) is 18.0 Å². The van der Waals surface area contributed by atoms with E-state index < -0.39 is 34.7 Å². The van der Waals surface area contributed by atoms with Gasteiger partial charge in [-0.25, -0.2) is 8.78 Å². The van der Waals surface area contributed by atoms with E-state index in [4.69, 9.17) is 0 Å². The molecule has 0 spiro atoms. The van der Waals surface area contributed by atoms with Crippen LogP contribution in [0.4, 0.5) is 13.2 Å². The minimum atomic E-state index is -1.46. The van der Waals surface area contributed by atoms with Crippen LogP contribution in [0.3, 0.4) is 0 Å². The van der Waals surface area contributed by atoms with Crippen molar-refractivity contribution < 1.29 is 22.7 Å². The van der Waals surface area contributed by atoms with E-state index in [0.717, 1.165) is 12.7 Å². The molecule has 2 aromatic rings. The number of rotatable bonds is 2. The lowest BCUT2D eigenvalue weighted by atomic mass is 10.1. The number of carbonyl (C=O) groups is 1. The van der Waals surface area contributed by atoms with Gasteiger partial charge in [-0.15, -0.1) is 12.4 Å². The normalized spacial score (nSPS) is 12.6. The van der Waals surface area contributed by atoms with E-state index in [0.29, 0.717) is 11.8 Å². The van der Waals surface area contributed by atoms with Gasteiger partial charge in [0.15, 0.2) is 17.4 Å². The molecule has 1 amide bonds. The fourth-order valence-electron chi connectivity index (χ4n) is 2.43. The zero-order chi connectivity index (χ0) is 15.9. The zero-order valence-electron chi connectivity index (χ0n) is 12.0. The van der Waals surface area contributed by atoms with Crippen LogP contribution in [0.1, 0.15) is 21.6 Å². The monoisotopic (exact) mass is 344 g/mol. The summed E-state index contributed by atoms with van der Waals surface area (Å²) in [4.78, 5) is 17.8. The van der Waals surface area contributed by atoms with Gasteiger partial charge in [-0.2, -0.15) is 4.39 Å². The number of aromatic nitrogens is 1. The maximum atomic E-state index is 14.2. The van der Waals surface area contributed by atoms with Gasteiger partial charge in [-0.3, -0.25) is 9.78 Å². The average Bonchev–Trinajstić information content (AvgIpc) is 2.95. The van der Waals surface area contributed by atoms with Gasteiger partial charge in [-0.05, 0) is 17.7 Å². The van der Waals surface area contributed by atoms with Crippen LogP contribution >= 0.6 is 12.4 Å². The number of ether oxygens (including phenoxy) is 1. The third kappa shape index (κ3) is 2.84. The molecule has 8 heteroatoms. The minimum Gasteiger partial charge on any atom is -0.491 e. The van der Waals surface area contributed by atoms with Crippen molar-refractivity contribution in [3.05, 3.63) is 58.7 Å². The van der Waals surface area contributed by atoms with Crippen molar-refractivity contribution in [3.63, 3.8) is 0 Å². The standard InChI is InChI=1S/C15H11F3N2O2.ClH/c1-22-14-12(17)9(5-10(16)13(14)18)15(21)20-6-8-3-2-4-19-11(8)7-20;/h2-5H,6-7H2,1H3;1H. The Kier molecular flexibility index (Phi) is 4.79. The summed E-state index contributed by atoms with van der Waals surface area (Å²) in [6.07, 6.45) is 1.59. The second-order valence-electron chi connectivity index (χ2n) is 4.84. The minimum absolute atomic E-state index is 0. The largest absolute Gasteiger partial charge is 0.491 e. The Morgan fingerprint density at radius 2 is 2.00 bits per heavy atom. The summed E-state index contributed by atoms with van der Waals surface area (Å²) in [6, 6.07) is 4.08. The highest BCUT2D eigenvalue weighted by Crippen LogP contribution is 2.29. The van der Waals surface area contributed by atoms with Crippen molar-refractivity contribution in [2.75, 3.05) is 7.11 Å². The van der Waals surface area contributed by atoms with Gasteiger partial charge in [0.1, 0.15) is 0 Å². The maximum Gasteiger partial charge on any atom is 0.257 e. The van der Waals surface area contributed by atoms with E-state index in [1.165, 1.54) is 4.90 Å². The third-order valence-electron chi connectivity index (χ3n) is 3.52. The molecule has 0 unspecified atom stereocenters. The van der Waals surface area contributed by atoms with Crippen molar-refractivity contribution in [1.82, 2.24) is 9.88 Å². The van der Waals surface area contributed by atoms with Crippen LogP contribution in [0.5, 0.6) is 5.75 Å². The van der Waals surface area contributed by atoms with Crippen LogP contribution in [0.15, 0.2) is 24.4 Å². The SMILES string of the molecule is COc1c(F)c(F)cc(C(=O)N2Cc3cccnc3C2)c1F.Cl. The van der Waals surface area contributed by atoms with Gasteiger partial charge in [-0.1, -0.05) is 6.07 Å². The van der Waals surface area contributed by atoms with Gasteiger partial charge in [0.2, 0.25) is 5.82 Å². The molecule has 0 aliphatic carbocycles. The van der Waals surface area contributed by atoms with Crippen LogP contribution in [-0.4, -0.2) is 22.9 Å². The summed E-state index contributed by atoms with van der Waals surface area (Å²) in [5.41, 5.74) is 0.972. The summed E-state index contributed by atoms with van der Waals surface area (Å²) >= 11 is 0. The molecule has 0 atom stereocenters. The molecule has 1 aliphatic heterocycles. The van der Waals surface area contributed by atoms with Crippen molar-refractivity contribution in [1.29, 1.82) is 0 Å². The molecule has 0 radical (unpaired) electrons. The molecular formula is C15H12ClF3N2O2. The highest BCUT2D eigenvalue weighted by molar-refractivity contribution is 5.95. The Morgan fingerprint density at radius 3 is 2.65 bits per heavy atom.